The van der Waals surface area contributed by atoms with Crippen LogP contribution in [0.5, 0.6) is 0 Å². The molecule has 2 heterocycles. The fraction of sp³-hybridized carbons (Fsp3) is 0.615. The summed E-state index contributed by atoms with van der Waals surface area (Å²) in [6, 6.07) is 5.20. The summed E-state index contributed by atoms with van der Waals surface area (Å²) < 4.78 is 14.1. The summed E-state index contributed by atoms with van der Waals surface area (Å²) in [6.45, 7) is 5.76. The smallest absolute Gasteiger partial charge is 0.123 e. The number of benzene rings is 1. The van der Waals surface area contributed by atoms with Crippen LogP contribution in [0.2, 0.25) is 0 Å². The minimum absolute atomic E-state index is 0.140. The molecule has 1 aromatic carbocycles. The number of H-pyrrole nitrogens is 1. The number of aromatic amines is 1. The zero-order chi connectivity index (χ0) is 21.1. The number of aromatic nitrogens is 1. The van der Waals surface area contributed by atoms with E-state index in [1.54, 1.807) is 12.1 Å². The van der Waals surface area contributed by atoms with Crippen molar-refractivity contribution in [3.8, 4) is 0 Å². The van der Waals surface area contributed by atoms with E-state index in [1.807, 2.05) is 6.07 Å². The zero-order valence-corrected chi connectivity index (χ0v) is 19.1. The van der Waals surface area contributed by atoms with Crippen molar-refractivity contribution in [3.63, 3.8) is 0 Å². The quantitative estimate of drug-likeness (QED) is 0.575. The second-order valence-corrected chi connectivity index (χ2v) is 9.62. The van der Waals surface area contributed by atoms with Crippen molar-refractivity contribution < 1.29 is 4.39 Å². The normalized spacial score (nSPS) is 22.9. The molecule has 164 valence electrons. The molecule has 0 bridgehead atoms. The lowest BCUT2D eigenvalue weighted by atomic mass is 9.77. The van der Waals surface area contributed by atoms with Crippen molar-refractivity contribution >= 4 is 16.5 Å². The number of unbranched alkanes of at least 4 members (excludes halogenated alkanes) is 1. The molecule has 1 aliphatic heterocycles. The Hall–Kier alpha value is -1.65. The van der Waals surface area contributed by atoms with Crippen LogP contribution >= 0.6 is 0 Å². The summed E-state index contributed by atoms with van der Waals surface area (Å²) >= 11 is 0. The highest BCUT2D eigenvalue weighted by Crippen LogP contribution is 2.40. The van der Waals surface area contributed by atoms with Crippen molar-refractivity contribution in [3.05, 3.63) is 41.3 Å². The maximum absolute atomic E-state index is 14.1. The number of allylic oxidation sites excluding steroid dienone is 1. The van der Waals surface area contributed by atoms with Gasteiger partial charge in [-0.25, -0.2) is 4.39 Å². The van der Waals surface area contributed by atoms with E-state index in [0.717, 1.165) is 36.7 Å². The molecule has 30 heavy (non-hydrogen) atoms. The first kappa shape index (κ1) is 21.6. The van der Waals surface area contributed by atoms with Crippen LogP contribution in [0.3, 0.4) is 0 Å². The van der Waals surface area contributed by atoms with Crippen LogP contribution in [0.25, 0.3) is 16.5 Å². The zero-order valence-electron chi connectivity index (χ0n) is 19.1. The topological polar surface area (TPSA) is 22.3 Å². The van der Waals surface area contributed by atoms with E-state index in [4.69, 9.17) is 0 Å². The Morgan fingerprint density at radius 3 is 2.67 bits per heavy atom. The van der Waals surface area contributed by atoms with Gasteiger partial charge in [-0.3, -0.25) is 0 Å². The van der Waals surface area contributed by atoms with E-state index in [-0.39, 0.29) is 11.4 Å². The van der Waals surface area contributed by atoms with Gasteiger partial charge in [-0.2, -0.15) is 0 Å². The van der Waals surface area contributed by atoms with Crippen LogP contribution in [0, 0.1) is 5.82 Å². The lowest BCUT2D eigenvalue weighted by Crippen LogP contribution is -2.45. The first-order valence-electron chi connectivity index (χ1n) is 11.9. The van der Waals surface area contributed by atoms with E-state index >= 15 is 0 Å². The van der Waals surface area contributed by atoms with Crippen LogP contribution in [0.15, 0.2) is 24.3 Å². The SMILES string of the molecule is CCCCC1(N(C)C)CC=C(c2[nH]c3ccc(F)cc3c2CCN2CCCC2)CC1. The lowest BCUT2D eigenvalue weighted by molar-refractivity contribution is 0.124. The minimum Gasteiger partial charge on any atom is -0.355 e. The molecule has 0 spiro atoms. The highest BCUT2D eigenvalue weighted by Gasteiger charge is 2.34. The Morgan fingerprint density at radius 2 is 2.00 bits per heavy atom. The van der Waals surface area contributed by atoms with Crippen molar-refractivity contribution in [1.82, 2.24) is 14.8 Å². The third-order valence-corrected chi connectivity index (χ3v) is 7.60. The third-order valence-electron chi connectivity index (χ3n) is 7.60. The number of halogens is 1. The highest BCUT2D eigenvalue weighted by atomic mass is 19.1. The van der Waals surface area contributed by atoms with E-state index in [9.17, 15) is 4.39 Å². The molecule has 0 saturated carbocycles. The number of rotatable bonds is 8. The summed E-state index contributed by atoms with van der Waals surface area (Å²) in [5.74, 6) is -0.140. The van der Waals surface area contributed by atoms with E-state index in [0.29, 0.717) is 0 Å². The van der Waals surface area contributed by atoms with Gasteiger partial charge in [0.2, 0.25) is 0 Å². The number of hydrogen-bond acceptors (Lipinski definition) is 2. The van der Waals surface area contributed by atoms with Gasteiger partial charge < -0.3 is 14.8 Å². The van der Waals surface area contributed by atoms with Gasteiger partial charge >= 0.3 is 0 Å². The Bertz CT molecular complexity index is 891. The summed E-state index contributed by atoms with van der Waals surface area (Å²) in [6.07, 6.45) is 13.3. The largest absolute Gasteiger partial charge is 0.355 e. The molecule has 1 unspecified atom stereocenters. The third kappa shape index (κ3) is 4.36. The molecule has 2 aromatic rings. The van der Waals surface area contributed by atoms with E-state index in [1.165, 1.54) is 68.4 Å². The number of fused-ring (bicyclic) bond motifs is 1. The second-order valence-electron chi connectivity index (χ2n) is 9.62. The first-order valence-corrected chi connectivity index (χ1v) is 11.9. The van der Waals surface area contributed by atoms with Crippen molar-refractivity contribution in [2.45, 2.75) is 70.3 Å². The Kier molecular flexibility index (Phi) is 6.64. The molecule has 2 aliphatic rings. The second kappa shape index (κ2) is 9.23. The van der Waals surface area contributed by atoms with Crippen molar-refractivity contribution in [1.29, 1.82) is 0 Å². The molecule has 0 radical (unpaired) electrons. The average Bonchev–Trinajstić information content (AvgIpc) is 3.38. The molecular weight excluding hydrogens is 373 g/mol. The minimum atomic E-state index is -0.140. The fourth-order valence-electron chi connectivity index (χ4n) is 5.50. The van der Waals surface area contributed by atoms with Crippen LogP contribution in [0.1, 0.15) is 69.5 Å². The highest BCUT2D eigenvalue weighted by molar-refractivity contribution is 5.89. The lowest BCUT2D eigenvalue weighted by Gasteiger charge is -2.42. The number of nitrogens with one attached hydrogen (secondary N) is 1. The van der Waals surface area contributed by atoms with Crippen molar-refractivity contribution in [2.75, 3.05) is 33.7 Å². The number of nitrogens with zero attached hydrogens (tertiary/aromatic N) is 2. The number of hydrogen-bond donors (Lipinski definition) is 1. The van der Waals surface area contributed by atoms with Gasteiger partial charge in [-0.05, 0) is 101 Å². The standard InChI is InChI=1S/C26H38FN3/c1-4-5-13-26(29(2)3)14-10-20(11-15-26)25-22(12-18-30-16-6-7-17-30)23-19-21(27)8-9-24(23)28-25/h8-10,19,28H,4-7,11-18H2,1-3H3. The molecule has 1 aromatic heterocycles. The average molecular weight is 412 g/mol. The van der Waals surface area contributed by atoms with Gasteiger partial charge in [0.15, 0.2) is 0 Å². The van der Waals surface area contributed by atoms with Gasteiger partial charge in [-0.1, -0.05) is 25.8 Å². The maximum atomic E-state index is 14.1. The molecule has 1 aliphatic carbocycles. The van der Waals surface area contributed by atoms with Crippen LogP contribution < -0.4 is 0 Å². The van der Waals surface area contributed by atoms with Crippen LogP contribution in [-0.4, -0.2) is 54.1 Å². The summed E-state index contributed by atoms with van der Waals surface area (Å²) in [5.41, 5.74) is 5.36. The predicted molar refractivity (Wildman–Crippen MR) is 125 cm³/mol. The Morgan fingerprint density at radius 1 is 1.20 bits per heavy atom. The molecule has 1 N–H and O–H groups in total. The maximum Gasteiger partial charge on any atom is 0.123 e. The van der Waals surface area contributed by atoms with Gasteiger partial charge in [0, 0.05) is 28.7 Å². The van der Waals surface area contributed by atoms with Gasteiger partial charge in [0.25, 0.3) is 0 Å². The number of likely N-dealkylation sites (tertiary alicyclic amines) is 1. The fourth-order valence-corrected chi connectivity index (χ4v) is 5.50. The first-order chi connectivity index (χ1) is 14.5. The summed E-state index contributed by atoms with van der Waals surface area (Å²) in [4.78, 5) is 8.67. The van der Waals surface area contributed by atoms with E-state index in [2.05, 4.69) is 41.9 Å². The molecule has 4 rings (SSSR count). The predicted octanol–water partition coefficient (Wildman–Crippen LogP) is 6.00. The van der Waals surface area contributed by atoms with Gasteiger partial charge in [0.05, 0.1) is 0 Å². The molecule has 3 nitrogen and oxygen atoms in total. The Labute approximate surface area is 181 Å². The molecular formula is C26H38FN3. The molecule has 1 fully saturated rings. The van der Waals surface area contributed by atoms with E-state index < -0.39 is 0 Å². The van der Waals surface area contributed by atoms with Gasteiger partial charge in [-0.15, -0.1) is 0 Å². The van der Waals surface area contributed by atoms with Crippen molar-refractivity contribution in [2.24, 2.45) is 0 Å². The molecule has 1 saturated heterocycles. The monoisotopic (exact) mass is 411 g/mol. The van der Waals surface area contributed by atoms with Crippen LogP contribution in [0.4, 0.5) is 4.39 Å². The molecule has 1 atom stereocenters. The van der Waals surface area contributed by atoms with Gasteiger partial charge in [0.1, 0.15) is 5.82 Å². The summed E-state index contributed by atoms with van der Waals surface area (Å²) in [7, 11) is 4.48. The molecule has 0 amide bonds. The van der Waals surface area contributed by atoms with Crippen LogP contribution in [-0.2, 0) is 6.42 Å². The Balaban J connectivity index is 1.63. The molecule has 4 heteroatoms. The summed E-state index contributed by atoms with van der Waals surface area (Å²) in [5, 5.41) is 1.07.